The Balaban J connectivity index is 3.05. The zero-order valence-corrected chi connectivity index (χ0v) is 12.4. The van der Waals surface area contributed by atoms with Gasteiger partial charge in [-0.05, 0) is 19.1 Å². The van der Waals surface area contributed by atoms with E-state index in [0.29, 0.717) is 24.7 Å². The second kappa shape index (κ2) is 8.04. The van der Waals surface area contributed by atoms with Crippen molar-refractivity contribution in [3.63, 3.8) is 0 Å². The number of anilines is 1. The average molecular weight is 283 g/mol. The monoisotopic (exact) mass is 283 g/mol. The number of nitrogens with zero attached hydrogens (tertiary/aromatic N) is 2. The van der Waals surface area contributed by atoms with Crippen LogP contribution < -0.4 is 10.6 Å². The molecule has 5 nitrogen and oxygen atoms in total. The van der Waals surface area contributed by atoms with E-state index >= 15 is 0 Å². The summed E-state index contributed by atoms with van der Waals surface area (Å²) in [7, 11) is 3.35. The number of thiocarbonyl (C=S) groups is 1. The van der Waals surface area contributed by atoms with Gasteiger partial charge in [-0.1, -0.05) is 12.2 Å². The standard InChI is InChI=1S/C13H21N3O2S/c1-10(9-18-3)16(7-8-17-2)13-11(12(14)19)5-4-6-15-13/h4-6,10H,7-9H2,1-3H3,(H2,14,19). The normalized spacial score (nSPS) is 12.2. The summed E-state index contributed by atoms with van der Waals surface area (Å²) < 4.78 is 10.4. The molecule has 1 atom stereocenters. The highest BCUT2D eigenvalue weighted by Crippen LogP contribution is 2.19. The van der Waals surface area contributed by atoms with Crippen molar-refractivity contribution < 1.29 is 9.47 Å². The summed E-state index contributed by atoms with van der Waals surface area (Å²) >= 11 is 5.08. The third-order valence-electron chi connectivity index (χ3n) is 2.80. The zero-order chi connectivity index (χ0) is 14.3. The van der Waals surface area contributed by atoms with Gasteiger partial charge in [-0.3, -0.25) is 0 Å². The molecule has 1 unspecified atom stereocenters. The van der Waals surface area contributed by atoms with Gasteiger partial charge in [0.25, 0.3) is 0 Å². The van der Waals surface area contributed by atoms with Crippen LogP contribution >= 0.6 is 12.2 Å². The molecule has 0 saturated heterocycles. The molecule has 0 bridgehead atoms. The summed E-state index contributed by atoms with van der Waals surface area (Å²) in [5.74, 6) is 0.775. The molecule has 0 aliphatic heterocycles. The average Bonchev–Trinajstić information content (AvgIpc) is 2.40. The molecule has 0 fully saturated rings. The van der Waals surface area contributed by atoms with Crippen molar-refractivity contribution in [2.75, 3.05) is 38.9 Å². The molecule has 0 spiro atoms. The lowest BCUT2D eigenvalue weighted by Gasteiger charge is -2.31. The molecule has 0 amide bonds. The first-order valence-corrected chi connectivity index (χ1v) is 6.52. The van der Waals surface area contributed by atoms with Gasteiger partial charge in [-0.2, -0.15) is 0 Å². The SMILES string of the molecule is COCCN(c1ncccc1C(N)=S)C(C)COC. The van der Waals surface area contributed by atoms with Crippen molar-refractivity contribution in [3.05, 3.63) is 23.9 Å². The van der Waals surface area contributed by atoms with Crippen LogP contribution in [0.5, 0.6) is 0 Å². The smallest absolute Gasteiger partial charge is 0.139 e. The maximum atomic E-state index is 5.76. The largest absolute Gasteiger partial charge is 0.389 e. The lowest BCUT2D eigenvalue weighted by Crippen LogP contribution is -2.40. The van der Waals surface area contributed by atoms with E-state index in [1.165, 1.54) is 0 Å². The molecule has 0 aliphatic rings. The first kappa shape index (κ1) is 15.8. The Morgan fingerprint density at radius 3 is 2.79 bits per heavy atom. The van der Waals surface area contributed by atoms with Crippen molar-refractivity contribution in [3.8, 4) is 0 Å². The Kier molecular flexibility index (Phi) is 6.69. The van der Waals surface area contributed by atoms with Crippen molar-refractivity contribution in [1.29, 1.82) is 0 Å². The van der Waals surface area contributed by atoms with Gasteiger partial charge in [-0.15, -0.1) is 0 Å². The van der Waals surface area contributed by atoms with Crippen LogP contribution in [0.25, 0.3) is 0 Å². The van der Waals surface area contributed by atoms with Crippen LogP contribution in [0, 0.1) is 0 Å². The number of rotatable bonds is 8. The van der Waals surface area contributed by atoms with Crippen molar-refractivity contribution >= 4 is 23.0 Å². The highest BCUT2D eigenvalue weighted by Gasteiger charge is 2.19. The quantitative estimate of drug-likeness (QED) is 0.724. The Hall–Kier alpha value is -1.24. The first-order chi connectivity index (χ1) is 9.11. The molecular formula is C13H21N3O2S. The topological polar surface area (TPSA) is 60.6 Å². The molecule has 0 aromatic carbocycles. The summed E-state index contributed by atoms with van der Waals surface area (Å²) in [5.41, 5.74) is 6.53. The predicted molar refractivity (Wildman–Crippen MR) is 80.7 cm³/mol. The molecule has 6 heteroatoms. The van der Waals surface area contributed by atoms with Gasteiger partial charge in [0.15, 0.2) is 0 Å². The van der Waals surface area contributed by atoms with Gasteiger partial charge in [0.05, 0.1) is 24.8 Å². The van der Waals surface area contributed by atoms with Gasteiger partial charge in [0.2, 0.25) is 0 Å². The van der Waals surface area contributed by atoms with E-state index in [1.807, 2.05) is 12.1 Å². The molecule has 1 aromatic rings. The fraction of sp³-hybridized carbons (Fsp3) is 0.538. The molecule has 0 radical (unpaired) electrons. The highest BCUT2D eigenvalue weighted by molar-refractivity contribution is 7.80. The Morgan fingerprint density at radius 2 is 2.21 bits per heavy atom. The second-order valence-corrected chi connectivity index (χ2v) is 4.67. The predicted octanol–water partition coefficient (Wildman–Crippen LogP) is 1.20. The summed E-state index contributed by atoms with van der Waals surface area (Å²) in [6.45, 7) is 3.96. The van der Waals surface area contributed by atoms with Crippen LogP contribution in [0.3, 0.4) is 0 Å². The summed E-state index contributed by atoms with van der Waals surface area (Å²) in [6.07, 6.45) is 1.73. The number of pyridine rings is 1. The molecule has 106 valence electrons. The fourth-order valence-electron chi connectivity index (χ4n) is 1.87. The van der Waals surface area contributed by atoms with E-state index in [-0.39, 0.29) is 6.04 Å². The lowest BCUT2D eigenvalue weighted by atomic mass is 10.2. The Labute approximate surface area is 119 Å². The van der Waals surface area contributed by atoms with E-state index in [0.717, 1.165) is 11.4 Å². The minimum absolute atomic E-state index is 0.156. The molecule has 0 aliphatic carbocycles. The number of hydrogen-bond donors (Lipinski definition) is 1. The minimum Gasteiger partial charge on any atom is -0.389 e. The maximum Gasteiger partial charge on any atom is 0.139 e. The summed E-state index contributed by atoms with van der Waals surface area (Å²) in [4.78, 5) is 6.85. The van der Waals surface area contributed by atoms with E-state index in [1.54, 1.807) is 20.4 Å². The number of nitrogens with two attached hydrogens (primary N) is 1. The minimum atomic E-state index is 0.156. The van der Waals surface area contributed by atoms with E-state index in [4.69, 9.17) is 27.4 Å². The van der Waals surface area contributed by atoms with Crippen LogP contribution in [0.1, 0.15) is 12.5 Å². The van der Waals surface area contributed by atoms with Crippen LogP contribution in [-0.2, 0) is 9.47 Å². The fourth-order valence-corrected chi connectivity index (χ4v) is 2.03. The Morgan fingerprint density at radius 1 is 1.47 bits per heavy atom. The van der Waals surface area contributed by atoms with Crippen molar-refractivity contribution in [2.24, 2.45) is 5.73 Å². The van der Waals surface area contributed by atoms with Crippen LogP contribution in [0.2, 0.25) is 0 Å². The highest BCUT2D eigenvalue weighted by atomic mass is 32.1. The van der Waals surface area contributed by atoms with Crippen molar-refractivity contribution in [1.82, 2.24) is 4.98 Å². The third-order valence-corrected chi connectivity index (χ3v) is 3.02. The van der Waals surface area contributed by atoms with Gasteiger partial charge in [-0.25, -0.2) is 4.98 Å². The number of methoxy groups -OCH3 is 2. The van der Waals surface area contributed by atoms with Crippen LogP contribution in [0.4, 0.5) is 5.82 Å². The molecule has 1 rings (SSSR count). The van der Waals surface area contributed by atoms with Crippen LogP contribution in [-0.4, -0.2) is 50.0 Å². The molecular weight excluding hydrogens is 262 g/mol. The molecule has 0 saturated carbocycles. The second-order valence-electron chi connectivity index (χ2n) is 4.23. The molecule has 1 aromatic heterocycles. The zero-order valence-electron chi connectivity index (χ0n) is 11.6. The van der Waals surface area contributed by atoms with E-state index < -0.39 is 0 Å². The van der Waals surface area contributed by atoms with Crippen molar-refractivity contribution in [2.45, 2.75) is 13.0 Å². The van der Waals surface area contributed by atoms with E-state index in [2.05, 4.69) is 16.8 Å². The Bertz CT molecular complexity index is 415. The van der Waals surface area contributed by atoms with Gasteiger partial charge in [0, 0.05) is 27.0 Å². The maximum absolute atomic E-state index is 5.76. The molecule has 2 N–H and O–H groups in total. The van der Waals surface area contributed by atoms with Crippen LogP contribution in [0.15, 0.2) is 18.3 Å². The van der Waals surface area contributed by atoms with Gasteiger partial charge >= 0.3 is 0 Å². The number of hydrogen-bond acceptors (Lipinski definition) is 5. The van der Waals surface area contributed by atoms with Gasteiger partial charge < -0.3 is 20.1 Å². The molecule has 1 heterocycles. The third kappa shape index (κ3) is 4.41. The van der Waals surface area contributed by atoms with E-state index in [9.17, 15) is 0 Å². The molecule has 19 heavy (non-hydrogen) atoms. The first-order valence-electron chi connectivity index (χ1n) is 6.11. The summed E-state index contributed by atoms with van der Waals surface area (Å²) in [5, 5.41) is 0. The van der Waals surface area contributed by atoms with Gasteiger partial charge in [0.1, 0.15) is 10.8 Å². The number of aromatic nitrogens is 1. The number of ether oxygens (including phenoxy) is 2. The summed E-state index contributed by atoms with van der Waals surface area (Å²) in [6, 6.07) is 3.86. The lowest BCUT2D eigenvalue weighted by molar-refractivity contribution is 0.170.